The summed E-state index contributed by atoms with van der Waals surface area (Å²) in [4.78, 5) is 10.7. The van der Waals surface area contributed by atoms with Crippen LogP contribution in [0.5, 0.6) is 0 Å². The first-order valence-corrected chi connectivity index (χ1v) is 5.63. The van der Waals surface area contributed by atoms with Crippen LogP contribution in [0.1, 0.15) is 17.9 Å². The number of aryl methyl sites for hydroxylation is 1. The first-order chi connectivity index (χ1) is 8.80. The molecule has 2 rings (SSSR count). The van der Waals surface area contributed by atoms with E-state index < -0.39 is 24.5 Å². The van der Waals surface area contributed by atoms with Gasteiger partial charge in [-0.15, -0.1) is 0 Å². The van der Waals surface area contributed by atoms with E-state index in [1.807, 2.05) is 0 Å². The lowest BCUT2D eigenvalue weighted by Crippen LogP contribution is -2.23. The van der Waals surface area contributed by atoms with Crippen molar-refractivity contribution in [3.05, 3.63) is 36.0 Å². The molecular weight excluding hydrogens is 259 g/mol. The summed E-state index contributed by atoms with van der Waals surface area (Å²) >= 11 is 0. The summed E-state index contributed by atoms with van der Waals surface area (Å²) in [5.74, 6) is -3.45. The van der Waals surface area contributed by atoms with Crippen molar-refractivity contribution in [2.75, 3.05) is 0 Å². The Morgan fingerprint density at radius 2 is 2.05 bits per heavy atom. The molecular formula is C13H12F3NO2. The molecule has 0 aliphatic carbocycles. The predicted molar refractivity (Wildman–Crippen MR) is 64.0 cm³/mol. The summed E-state index contributed by atoms with van der Waals surface area (Å²) in [6.45, 7) is 0. The molecule has 2 aromatic rings. The molecule has 1 atom stereocenters. The Labute approximate surface area is 107 Å². The van der Waals surface area contributed by atoms with Gasteiger partial charge in [0.15, 0.2) is 0 Å². The number of carboxylic acid groups (broad SMARTS) is 1. The van der Waals surface area contributed by atoms with E-state index in [9.17, 15) is 18.0 Å². The van der Waals surface area contributed by atoms with Gasteiger partial charge in [0.2, 0.25) is 0 Å². The lowest BCUT2D eigenvalue weighted by Gasteiger charge is -2.20. The maximum absolute atomic E-state index is 13.0. The zero-order chi connectivity index (χ0) is 14.2. The molecule has 0 spiro atoms. The molecule has 0 saturated heterocycles. The summed E-state index contributed by atoms with van der Waals surface area (Å²) < 4.78 is 40.8. The summed E-state index contributed by atoms with van der Waals surface area (Å²) in [7, 11) is 1.73. The fraction of sp³-hybridized carbons (Fsp3) is 0.308. The van der Waals surface area contributed by atoms with Crippen molar-refractivity contribution in [1.82, 2.24) is 4.57 Å². The van der Waals surface area contributed by atoms with Gasteiger partial charge in [-0.3, -0.25) is 4.79 Å². The number of alkyl halides is 3. The molecule has 1 heterocycles. The van der Waals surface area contributed by atoms with Crippen molar-refractivity contribution in [2.24, 2.45) is 7.05 Å². The molecule has 1 aromatic heterocycles. The molecule has 6 heteroatoms. The SMILES string of the molecule is Cn1ccc2c(C(CC(=O)O)C(F)(F)F)cccc21. The van der Waals surface area contributed by atoms with E-state index in [2.05, 4.69) is 0 Å². The predicted octanol–water partition coefficient (Wildman–Crippen LogP) is 3.30. The van der Waals surface area contributed by atoms with Gasteiger partial charge in [0, 0.05) is 24.1 Å². The first-order valence-electron chi connectivity index (χ1n) is 5.63. The molecule has 0 aliphatic rings. The Morgan fingerprint density at radius 3 is 2.63 bits per heavy atom. The summed E-state index contributed by atoms with van der Waals surface area (Å²) in [6.07, 6.45) is -3.89. The third-order valence-corrected chi connectivity index (χ3v) is 3.11. The van der Waals surface area contributed by atoms with E-state index in [-0.39, 0.29) is 5.56 Å². The Hall–Kier alpha value is -1.98. The molecule has 0 amide bonds. The molecule has 19 heavy (non-hydrogen) atoms. The van der Waals surface area contributed by atoms with Gasteiger partial charge < -0.3 is 9.67 Å². The minimum Gasteiger partial charge on any atom is -0.481 e. The lowest BCUT2D eigenvalue weighted by atomic mass is 9.92. The van der Waals surface area contributed by atoms with Gasteiger partial charge in [-0.1, -0.05) is 12.1 Å². The highest BCUT2D eigenvalue weighted by molar-refractivity contribution is 5.85. The standard InChI is InChI=1S/C13H12F3NO2/c1-17-6-5-9-8(3-2-4-11(9)17)10(7-12(18)19)13(14,15)16/h2-6,10H,7H2,1H3,(H,18,19). The number of aliphatic carboxylic acids is 1. The number of rotatable bonds is 3. The van der Waals surface area contributed by atoms with Crippen molar-refractivity contribution >= 4 is 16.9 Å². The number of benzene rings is 1. The molecule has 0 aliphatic heterocycles. The van der Waals surface area contributed by atoms with E-state index in [0.29, 0.717) is 10.9 Å². The summed E-state index contributed by atoms with van der Waals surface area (Å²) in [5.41, 5.74) is 0.658. The van der Waals surface area contributed by atoms with Gasteiger partial charge in [0.25, 0.3) is 0 Å². The van der Waals surface area contributed by atoms with Crippen molar-refractivity contribution in [2.45, 2.75) is 18.5 Å². The van der Waals surface area contributed by atoms with Gasteiger partial charge in [0.1, 0.15) is 0 Å². The maximum atomic E-state index is 13.0. The van der Waals surface area contributed by atoms with Gasteiger partial charge in [-0.05, 0) is 17.7 Å². The van der Waals surface area contributed by atoms with Crippen LogP contribution in [-0.4, -0.2) is 21.8 Å². The van der Waals surface area contributed by atoms with Crippen molar-refractivity contribution in [3.8, 4) is 0 Å². The number of hydrogen-bond donors (Lipinski definition) is 1. The fourth-order valence-electron chi connectivity index (χ4n) is 2.21. The van der Waals surface area contributed by atoms with Crippen LogP contribution < -0.4 is 0 Å². The minimum absolute atomic E-state index is 0.00741. The van der Waals surface area contributed by atoms with Gasteiger partial charge in [0.05, 0.1) is 12.3 Å². The van der Waals surface area contributed by atoms with Crippen LogP contribution in [0.4, 0.5) is 13.2 Å². The van der Waals surface area contributed by atoms with Crippen LogP contribution in [0.15, 0.2) is 30.5 Å². The molecule has 3 nitrogen and oxygen atoms in total. The van der Waals surface area contributed by atoms with E-state index >= 15 is 0 Å². The highest BCUT2D eigenvalue weighted by Crippen LogP contribution is 2.40. The summed E-state index contributed by atoms with van der Waals surface area (Å²) in [6, 6.07) is 6.12. The second kappa shape index (κ2) is 4.60. The van der Waals surface area contributed by atoms with Crippen molar-refractivity contribution in [1.29, 1.82) is 0 Å². The Balaban J connectivity index is 2.59. The van der Waals surface area contributed by atoms with Crippen LogP contribution >= 0.6 is 0 Å². The molecule has 0 radical (unpaired) electrons. The smallest absolute Gasteiger partial charge is 0.396 e. The number of carboxylic acids is 1. The summed E-state index contributed by atoms with van der Waals surface area (Å²) in [5, 5.41) is 9.12. The number of aromatic nitrogens is 1. The van der Waals surface area contributed by atoms with Crippen LogP contribution in [0, 0.1) is 0 Å². The van der Waals surface area contributed by atoms with Crippen LogP contribution in [-0.2, 0) is 11.8 Å². The number of carbonyl (C=O) groups is 1. The van der Waals surface area contributed by atoms with E-state index in [0.717, 1.165) is 0 Å². The average Bonchev–Trinajstić information content (AvgIpc) is 2.67. The topological polar surface area (TPSA) is 42.2 Å². The van der Waals surface area contributed by atoms with Crippen molar-refractivity contribution in [3.63, 3.8) is 0 Å². The third kappa shape index (κ3) is 2.57. The largest absolute Gasteiger partial charge is 0.481 e. The molecule has 1 N–H and O–H groups in total. The molecule has 0 saturated carbocycles. The molecule has 0 fully saturated rings. The highest BCUT2D eigenvalue weighted by atomic mass is 19.4. The van der Waals surface area contributed by atoms with Crippen LogP contribution in [0.2, 0.25) is 0 Å². The normalized spacial score (nSPS) is 13.7. The van der Waals surface area contributed by atoms with Gasteiger partial charge >= 0.3 is 12.1 Å². The molecule has 0 bridgehead atoms. The van der Waals surface area contributed by atoms with E-state index in [1.54, 1.807) is 29.9 Å². The number of halogens is 3. The zero-order valence-corrected chi connectivity index (χ0v) is 10.1. The average molecular weight is 271 g/mol. The van der Waals surface area contributed by atoms with Gasteiger partial charge in [-0.25, -0.2) is 0 Å². The first kappa shape index (κ1) is 13.5. The second-order valence-electron chi connectivity index (χ2n) is 4.40. The lowest BCUT2D eigenvalue weighted by molar-refractivity contribution is -0.163. The Bertz CT molecular complexity index is 616. The van der Waals surface area contributed by atoms with E-state index in [1.165, 1.54) is 12.1 Å². The van der Waals surface area contributed by atoms with Crippen molar-refractivity contribution < 1.29 is 23.1 Å². The van der Waals surface area contributed by atoms with Gasteiger partial charge in [-0.2, -0.15) is 13.2 Å². The molecule has 1 aromatic carbocycles. The fourth-order valence-corrected chi connectivity index (χ4v) is 2.21. The third-order valence-electron chi connectivity index (χ3n) is 3.11. The zero-order valence-electron chi connectivity index (χ0n) is 10.1. The molecule has 102 valence electrons. The Kier molecular flexibility index (Phi) is 3.26. The van der Waals surface area contributed by atoms with Crippen LogP contribution in [0.25, 0.3) is 10.9 Å². The van der Waals surface area contributed by atoms with Crippen LogP contribution in [0.3, 0.4) is 0 Å². The maximum Gasteiger partial charge on any atom is 0.396 e. The van der Waals surface area contributed by atoms with E-state index in [4.69, 9.17) is 5.11 Å². The highest BCUT2D eigenvalue weighted by Gasteiger charge is 2.42. The number of fused-ring (bicyclic) bond motifs is 1. The molecule has 1 unspecified atom stereocenters. The minimum atomic E-state index is -4.58. The monoisotopic (exact) mass is 271 g/mol. The second-order valence-corrected chi connectivity index (χ2v) is 4.40. The number of hydrogen-bond acceptors (Lipinski definition) is 1. The number of nitrogens with zero attached hydrogens (tertiary/aromatic N) is 1. The quantitative estimate of drug-likeness (QED) is 0.930. The Morgan fingerprint density at radius 1 is 1.37 bits per heavy atom.